The van der Waals surface area contributed by atoms with Crippen molar-refractivity contribution in [2.24, 2.45) is 0 Å². The molecular weight excluding hydrogens is 204 g/mol. The molecule has 4 nitrogen and oxygen atoms in total. The van der Waals surface area contributed by atoms with Crippen LogP contribution in [0.1, 0.15) is 15.9 Å². The monoisotopic (exact) mass is 219 g/mol. The molecule has 1 aliphatic rings. The molecule has 0 saturated carbocycles. The Hall–Kier alpha value is -1.39. The summed E-state index contributed by atoms with van der Waals surface area (Å²) >= 11 is 0. The third-order valence-electron chi connectivity index (χ3n) is 2.74. The highest BCUT2D eigenvalue weighted by molar-refractivity contribution is 5.95. The molecule has 1 N–H and O–H groups in total. The topological polar surface area (TPSA) is 53.3 Å². The van der Waals surface area contributed by atoms with E-state index in [0.29, 0.717) is 31.9 Å². The molecule has 0 bridgehead atoms. The van der Waals surface area contributed by atoms with Crippen LogP contribution in [0.15, 0.2) is 24.3 Å². The summed E-state index contributed by atoms with van der Waals surface area (Å²) in [6.45, 7) is 2.64. The minimum Gasteiger partial charge on any atom is -0.378 e. The molecule has 16 heavy (non-hydrogen) atoms. The molecule has 1 aliphatic heterocycles. The number of morpholine rings is 1. The Kier molecular flexibility index (Phi) is 3.54. The van der Waals surface area contributed by atoms with Crippen molar-refractivity contribution in [1.82, 2.24) is 10.6 Å². The molecule has 1 amide bonds. The Morgan fingerprint density at radius 2 is 2.00 bits per heavy atom. The Bertz CT molecular complexity index is 373. The maximum absolute atomic E-state index is 12.2. The lowest BCUT2D eigenvalue weighted by molar-refractivity contribution is 0.0302. The van der Waals surface area contributed by atoms with Crippen molar-refractivity contribution < 1.29 is 9.53 Å². The van der Waals surface area contributed by atoms with E-state index in [2.05, 4.69) is 0 Å². The third-order valence-corrected chi connectivity index (χ3v) is 2.74. The first-order valence-corrected chi connectivity index (χ1v) is 5.42. The fraction of sp³-hybridized carbons (Fsp3) is 0.417. The predicted octanol–water partition coefficient (Wildman–Crippen LogP) is 0.942. The molecule has 1 aromatic carbocycles. The van der Waals surface area contributed by atoms with Crippen molar-refractivity contribution in [1.29, 1.82) is 0 Å². The van der Waals surface area contributed by atoms with Gasteiger partial charge in [-0.2, -0.15) is 0 Å². The van der Waals surface area contributed by atoms with Crippen molar-refractivity contribution in [3.8, 4) is 0 Å². The first kappa shape index (κ1) is 11.1. The largest absolute Gasteiger partial charge is 0.378 e. The molecule has 2 rings (SSSR count). The van der Waals surface area contributed by atoms with E-state index in [9.17, 15) is 4.79 Å². The summed E-state index contributed by atoms with van der Waals surface area (Å²) < 4.78 is 5.21. The Balaban J connectivity index is 2.19. The van der Waals surface area contributed by atoms with Crippen LogP contribution >= 0.6 is 0 Å². The zero-order valence-corrected chi connectivity index (χ0v) is 9.11. The minimum atomic E-state index is 0.0196. The number of amides is 1. The highest BCUT2D eigenvalue weighted by atomic mass is 16.5. The number of nitrogens with zero attached hydrogens (tertiary/aromatic N) is 1. The summed E-state index contributed by atoms with van der Waals surface area (Å²) in [5.74, 6) is 0.0196. The van der Waals surface area contributed by atoms with Crippen molar-refractivity contribution in [3.63, 3.8) is 0 Å². The average Bonchev–Trinajstić information content (AvgIpc) is 2.39. The maximum atomic E-state index is 12.2. The van der Waals surface area contributed by atoms with Gasteiger partial charge in [-0.25, -0.2) is 0 Å². The smallest absolute Gasteiger partial charge is 0.254 e. The van der Waals surface area contributed by atoms with Gasteiger partial charge in [0.1, 0.15) is 0 Å². The van der Waals surface area contributed by atoms with Gasteiger partial charge in [0.2, 0.25) is 0 Å². The van der Waals surface area contributed by atoms with Crippen molar-refractivity contribution >= 4 is 5.91 Å². The molecule has 1 radical (unpaired) electrons. The Labute approximate surface area is 95.0 Å². The number of rotatable bonds is 2. The summed E-state index contributed by atoms with van der Waals surface area (Å²) in [7, 11) is 0. The van der Waals surface area contributed by atoms with E-state index in [1.54, 1.807) is 11.0 Å². The second kappa shape index (κ2) is 5.09. The van der Waals surface area contributed by atoms with Gasteiger partial charge in [-0.05, 0) is 11.6 Å². The second-order valence-corrected chi connectivity index (χ2v) is 3.74. The standard InChI is InChI=1S/C12H15N2O2/c13-9-10-3-1-2-4-11(10)12(15)14-5-7-16-8-6-14/h1-4,13H,5-9H2. The van der Waals surface area contributed by atoms with E-state index < -0.39 is 0 Å². The van der Waals surface area contributed by atoms with Gasteiger partial charge in [0, 0.05) is 25.2 Å². The molecule has 0 aliphatic carbocycles. The van der Waals surface area contributed by atoms with Gasteiger partial charge < -0.3 is 9.64 Å². The van der Waals surface area contributed by atoms with Gasteiger partial charge in [0.05, 0.1) is 13.2 Å². The van der Waals surface area contributed by atoms with E-state index in [1.807, 2.05) is 18.2 Å². The Morgan fingerprint density at radius 1 is 1.31 bits per heavy atom. The number of ether oxygens (including phenoxy) is 1. The van der Waals surface area contributed by atoms with Crippen LogP contribution in [0.2, 0.25) is 0 Å². The zero-order valence-electron chi connectivity index (χ0n) is 9.11. The van der Waals surface area contributed by atoms with Crippen LogP contribution in [-0.2, 0) is 11.3 Å². The van der Waals surface area contributed by atoms with Gasteiger partial charge >= 0.3 is 0 Å². The van der Waals surface area contributed by atoms with E-state index in [0.717, 1.165) is 5.56 Å². The van der Waals surface area contributed by atoms with Crippen molar-refractivity contribution in [2.45, 2.75) is 6.54 Å². The second-order valence-electron chi connectivity index (χ2n) is 3.74. The minimum absolute atomic E-state index is 0.0196. The van der Waals surface area contributed by atoms with Crippen molar-refractivity contribution in [2.75, 3.05) is 26.3 Å². The molecule has 0 unspecified atom stereocenters. The van der Waals surface area contributed by atoms with Crippen LogP contribution in [0, 0.1) is 0 Å². The molecule has 4 heteroatoms. The summed E-state index contributed by atoms with van der Waals surface area (Å²) in [5.41, 5.74) is 8.84. The first-order chi connectivity index (χ1) is 7.83. The number of hydrogen-bond acceptors (Lipinski definition) is 2. The van der Waals surface area contributed by atoms with Gasteiger partial charge in [0.15, 0.2) is 0 Å². The van der Waals surface area contributed by atoms with Crippen LogP contribution in [0.4, 0.5) is 0 Å². The maximum Gasteiger partial charge on any atom is 0.254 e. The number of nitrogens with one attached hydrogen (secondary N) is 1. The highest BCUT2D eigenvalue weighted by Gasteiger charge is 2.19. The molecule has 0 spiro atoms. The number of carbonyl (C=O) groups excluding carboxylic acids is 1. The molecule has 1 heterocycles. The average molecular weight is 219 g/mol. The summed E-state index contributed by atoms with van der Waals surface area (Å²) in [6.07, 6.45) is 0. The fourth-order valence-electron chi connectivity index (χ4n) is 1.82. The molecule has 0 atom stereocenters. The van der Waals surface area contributed by atoms with E-state index in [1.165, 1.54) is 0 Å². The van der Waals surface area contributed by atoms with Gasteiger partial charge in [-0.3, -0.25) is 10.5 Å². The van der Waals surface area contributed by atoms with Gasteiger partial charge in [-0.1, -0.05) is 18.2 Å². The molecule has 85 valence electrons. The summed E-state index contributed by atoms with van der Waals surface area (Å²) in [5, 5.41) is 0. The highest BCUT2D eigenvalue weighted by Crippen LogP contribution is 2.12. The molecule has 1 fully saturated rings. The normalized spacial score (nSPS) is 16.2. The number of hydrogen-bond donors (Lipinski definition) is 0. The number of benzene rings is 1. The van der Waals surface area contributed by atoms with Crippen LogP contribution in [0.5, 0.6) is 0 Å². The van der Waals surface area contributed by atoms with Crippen molar-refractivity contribution in [3.05, 3.63) is 35.4 Å². The van der Waals surface area contributed by atoms with Crippen LogP contribution in [0.25, 0.3) is 0 Å². The summed E-state index contributed by atoms with van der Waals surface area (Å²) in [4.78, 5) is 14.0. The molecule has 1 saturated heterocycles. The third kappa shape index (κ3) is 2.23. The van der Waals surface area contributed by atoms with E-state index in [-0.39, 0.29) is 12.5 Å². The Morgan fingerprint density at radius 3 is 2.69 bits per heavy atom. The first-order valence-electron chi connectivity index (χ1n) is 5.42. The predicted molar refractivity (Wildman–Crippen MR) is 60.0 cm³/mol. The van der Waals surface area contributed by atoms with E-state index in [4.69, 9.17) is 10.5 Å². The quantitative estimate of drug-likeness (QED) is 0.743. The van der Waals surface area contributed by atoms with Gasteiger partial charge in [-0.15, -0.1) is 0 Å². The lowest BCUT2D eigenvalue weighted by Gasteiger charge is -2.27. The SMILES string of the molecule is [NH]Cc1ccccc1C(=O)N1CCOCC1. The lowest BCUT2D eigenvalue weighted by atomic mass is 10.1. The van der Waals surface area contributed by atoms with Crippen LogP contribution < -0.4 is 5.73 Å². The molecule has 0 aromatic heterocycles. The fourth-order valence-corrected chi connectivity index (χ4v) is 1.82. The summed E-state index contributed by atoms with van der Waals surface area (Å²) in [6, 6.07) is 7.33. The number of carbonyl (C=O) groups is 1. The molecule has 1 aromatic rings. The lowest BCUT2D eigenvalue weighted by Crippen LogP contribution is -2.41. The molecular formula is C12H15N2O2. The van der Waals surface area contributed by atoms with Gasteiger partial charge in [0.25, 0.3) is 5.91 Å². The zero-order chi connectivity index (χ0) is 11.4. The van der Waals surface area contributed by atoms with Crippen LogP contribution in [-0.4, -0.2) is 37.1 Å². The van der Waals surface area contributed by atoms with E-state index >= 15 is 0 Å². The van der Waals surface area contributed by atoms with Crippen LogP contribution in [0.3, 0.4) is 0 Å².